The van der Waals surface area contributed by atoms with E-state index in [4.69, 9.17) is 10.2 Å². The van der Waals surface area contributed by atoms with E-state index in [1.165, 1.54) is 11.3 Å². The van der Waals surface area contributed by atoms with Gasteiger partial charge in [0.15, 0.2) is 0 Å². The summed E-state index contributed by atoms with van der Waals surface area (Å²) in [6.45, 7) is 2.54. The number of thiophene rings is 1. The van der Waals surface area contributed by atoms with Crippen molar-refractivity contribution in [3.8, 4) is 11.8 Å². The molecule has 1 aromatic rings. The molecule has 0 saturated heterocycles. The van der Waals surface area contributed by atoms with Crippen molar-refractivity contribution in [2.45, 2.75) is 6.92 Å². The third-order valence-corrected chi connectivity index (χ3v) is 3.13. The van der Waals surface area contributed by atoms with Crippen molar-refractivity contribution in [1.29, 1.82) is 0 Å². The normalized spacial score (nSPS) is 9.59. The lowest BCUT2D eigenvalue weighted by molar-refractivity contribution is 0.0737. The number of likely N-dealkylation sites (N-methyl/N-ethyl adjacent to an activating group) is 1. The summed E-state index contributed by atoms with van der Waals surface area (Å²) >= 11 is 1.29. The molecule has 0 aliphatic rings. The summed E-state index contributed by atoms with van der Waals surface area (Å²) in [6.07, 6.45) is 0. The third kappa shape index (κ3) is 3.86. The fraction of sp³-hybridized carbons (Fsp3) is 0.417. The van der Waals surface area contributed by atoms with Gasteiger partial charge in [-0.1, -0.05) is 11.8 Å². The molecule has 1 rings (SSSR count). The van der Waals surface area contributed by atoms with Crippen molar-refractivity contribution in [2.75, 3.05) is 26.3 Å². The minimum absolute atomic E-state index is 0.0396. The first-order valence-corrected chi connectivity index (χ1v) is 6.14. The Hall–Kier alpha value is -1.35. The zero-order valence-corrected chi connectivity index (χ0v) is 10.5. The van der Waals surface area contributed by atoms with Gasteiger partial charge in [-0.15, -0.1) is 11.3 Å². The summed E-state index contributed by atoms with van der Waals surface area (Å²) in [7, 11) is 0. The highest BCUT2D eigenvalue weighted by molar-refractivity contribution is 7.14. The second kappa shape index (κ2) is 7.07. The Kier molecular flexibility index (Phi) is 5.70. The Morgan fingerprint density at radius 1 is 1.47 bits per heavy atom. The first-order valence-electron chi connectivity index (χ1n) is 5.32. The molecule has 1 heterocycles. The van der Waals surface area contributed by atoms with Crippen molar-refractivity contribution in [2.24, 2.45) is 0 Å². The SMILES string of the molecule is CCN(CCO)C(=O)c1ccc(C#CCO)s1. The lowest BCUT2D eigenvalue weighted by Gasteiger charge is -2.18. The maximum atomic E-state index is 12.0. The molecule has 5 heteroatoms. The molecule has 0 aliphatic carbocycles. The number of carbonyl (C=O) groups excluding carboxylic acids is 1. The highest BCUT2D eigenvalue weighted by atomic mass is 32.1. The third-order valence-electron chi connectivity index (χ3n) is 2.15. The second-order valence-electron chi connectivity index (χ2n) is 3.23. The predicted octanol–water partition coefficient (Wildman–Crippen LogP) is 0.546. The van der Waals surface area contributed by atoms with Crippen molar-refractivity contribution in [3.63, 3.8) is 0 Å². The zero-order valence-electron chi connectivity index (χ0n) is 9.64. The first-order chi connectivity index (χ1) is 8.22. The van der Waals surface area contributed by atoms with Crippen LogP contribution in [-0.2, 0) is 0 Å². The summed E-state index contributed by atoms with van der Waals surface area (Å²) in [5, 5.41) is 17.4. The van der Waals surface area contributed by atoms with Crippen LogP contribution in [0.1, 0.15) is 21.5 Å². The lowest BCUT2D eigenvalue weighted by atomic mass is 10.3. The fourth-order valence-corrected chi connectivity index (χ4v) is 2.18. The topological polar surface area (TPSA) is 60.8 Å². The summed E-state index contributed by atoms with van der Waals surface area (Å²) in [5.41, 5.74) is 0. The van der Waals surface area contributed by atoms with Crippen LogP contribution in [0.15, 0.2) is 12.1 Å². The van der Waals surface area contributed by atoms with Gasteiger partial charge in [-0.05, 0) is 19.1 Å². The van der Waals surface area contributed by atoms with E-state index < -0.39 is 0 Å². The zero-order chi connectivity index (χ0) is 12.7. The molecular formula is C12H15NO3S. The van der Waals surface area contributed by atoms with Gasteiger partial charge in [-0.2, -0.15) is 0 Å². The Morgan fingerprint density at radius 2 is 2.24 bits per heavy atom. The molecule has 92 valence electrons. The first kappa shape index (κ1) is 13.7. The molecule has 0 aromatic carbocycles. The van der Waals surface area contributed by atoms with Crippen LogP contribution in [0.4, 0.5) is 0 Å². The molecule has 2 N–H and O–H groups in total. The van der Waals surface area contributed by atoms with Crippen molar-refractivity contribution in [1.82, 2.24) is 4.90 Å². The summed E-state index contributed by atoms with van der Waals surface area (Å²) in [5.74, 6) is 5.20. The Balaban J connectivity index is 2.78. The Labute approximate surface area is 105 Å². The number of hydrogen-bond donors (Lipinski definition) is 2. The number of rotatable bonds is 4. The Bertz CT molecular complexity index is 430. The molecule has 1 amide bonds. The van der Waals surface area contributed by atoms with E-state index in [2.05, 4.69) is 11.8 Å². The van der Waals surface area contributed by atoms with E-state index in [0.29, 0.717) is 18.0 Å². The van der Waals surface area contributed by atoms with Gasteiger partial charge in [0.2, 0.25) is 0 Å². The van der Waals surface area contributed by atoms with E-state index >= 15 is 0 Å². The van der Waals surface area contributed by atoms with E-state index in [1.54, 1.807) is 17.0 Å². The maximum Gasteiger partial charge on any atom is 0.264 e. The summed E-state index contributed by atoms with van der Waals surface area (Å²) in [4.78, 5) is 14.9. The molecule has 4 nitrogen and oxygen atoms in total. The second-order valence-corrected chi connectivity index (χ2v) is 4.32. The molecular weight excluding hydrogens is 238 g/mol. The summed E-state index contributed by atoms with van der Waals surface area (Å²) < 4.78 is 0. The molecule has 0 saturated carbocycles. The average Bonchev–Trinajstić information content (AvgIpc) is 2.81. The number of nitrogens with zero attached hydrogens (tertiary/aromatic N) is 1. The van der Waals surface area contributed by atoms with Gasteiger partial charge >= 0.3 is 0 Å². The van der Waals surface area contributed by atoms with Crippen LogP contribution in [0.5, 0.6) is 0 Å². The van der Waals surface area contributed by atoms with Gasteiger partial charge < -0.3 is 15.1 Å². The number of amides is 1. The molecule has 0 radical (unpaired) electrons. The minimum atomic E-state index is -0.188. The van der Waals surface area contributed by atoms with Gasteiger partial charge in [0.25, 0.3) is 5.91 Å². The lowest BCUT2D eigenvalue weighted by Crippen LogP contribution is -2.32. The van der Waals surface area contributed by atoms with Crippen LogP contribution in [0.2, 0.25) is 0 Å². The van der Waals surface area contributed by atoms with Gasteiger partial charge in [0.05, 0.1) is 16.4 Å². The average molecular weight is 253 g/mol. The van der Waals surface area contributed by atoms with Crippen LogP contribution in [0, 0.1) is 11.8 Å². The molecule has 0 fully saturated rings. The Morgan fingerprint density at radius 3 is 2.82 bits per heavy atom. The molecule has 0 atom stereocenters. The molecule has 17 heavy (non-hydrogen) atoms. The van der Waals surface area contributed by atoms with E-state index in [9.17, 15) is 4.79 Å². The monoisotopic (exact) mass is 253 g/mol. The number of aliphatic hydroxyl groups is 2. The van der Waals surface area contributed by atoms with E-state index in [0.717, 1.165) is 4.88 Å². The molecule has 0 unspecified atom stereocenters. The maximum absolute atomic E-state index is 12.0. The van der Waals surface area contributed by atoms with E-state index in [-0.39, 0.29) is 19.1 Å². The fourth-order valence-electron chi connectivity index (χ4n) is 1.33. The highest BCUT2D eigenvalue weighted by Gasteiger charge is 2.15. The number of aliphatic hydroxyl groups excluding tert-OH is 2. The van der Waals surface area contributed by atoms with Gasteiger partial charge in [0, 0.05) is 13.1 Å². The quantitative estimate of drug-likeness (QED) is 0.770. The van der Waals surface area contributed by atoms with Gasteiger partial charge in [-0.25, -0.2) is 0 Å². The van der Waals surface area contributed by atoms with Crippen molar-refractivity contribution >= 4 is 17.2 Å². The van der Waals surface area contributed by atoms with Crippen molar-refractivity contribution in [3.05, 3.63) is 21.9 Å². The standard InChI is InChI=1S/C12H15NO3S/c1-2-13(7-9-15)12(16)11-6-5-10(17-11)4-3-8-14/h5-6,14-15H,2,7-9H2,1H3. The molecule has 0 bridgehead atoms. The number of carbonyl (C=O) groups is 1. The minimum Gasteiger partial charge on any atom is -0.395 e. The molecule has 0 spiro atoms. The van der Waals surface area contributed by atoms with Gasteiger partial charge in [0.1, 0.15) is 6.61 Å². The van der Waals surface area contributed by atoms with Crippen LogP contribution >= 0.6 is 11.3 Å². The smallest absolute Gasteiger partial charge is 0.264 e. The predicted molar refractivity (Wildman–Crippen MR) is 66.9 cm³/mol. The van der Waals surface area contributed by atoms with E-state index in [1.807, 2.05) is 6.92 Å². The summed E-state index contributed by atoms with van der Waals surface area (Å²) in [6, 6.07) is 3.47. The number of hydrogen-bond acceptors (Lipinski definition) is 4. The van der Waals surface area contributed by atoms with Crippen LogP contribution < -0.4 is 0 Å². The van der Waals surface area contributed by atoms with Crippen LogP contribution in [0.25, 0.3) is 0 Å². The molecule has 0 aliphatic heterocycles. The van der Waals surface area contributed by atoms with Crippen LogP contribution in [-0.4, -0.2) is 47.3 Å². The van der Waals surface area contributed by atoms with Gasteiger partial charge in [-0.3, -0.25) is 4.79 Å². The highest BCUT2D eigenvalue weighted by Crippen LogP contribution is 2.17. The largest absolute Gasteiger partial charge is 0.395 e. The van der Waals surface area contributed by atoms with Crippen LogP contribution in [0.3, 0.4) is 0 Å². The molecule has 1 aromatic heterocycles. The van der Waals surface area contributed by atoms with Crippen molar-refractivity contribution < 1.29 is 15.0 Å².